The molecule has 0 saturated heterocycles. The fourth-order valence-corrected chi connectivity index (χ4v) is 10.8. The van der Waals surface area contributed by atoms with Crippen molar-refractivity contribution in [3.05, 3.63) is 23.9 Å². The Morgan fingerprint density at radius 2 is 1.89 bits per heavy atom. The predicted molar refractivity (Wildman–Crippen MR) is 145 cm³/mol. The van der Waals surface area contributed by atoms with Crippen LogP contribution in [0.4, 0.5) is 0 Å². The molecule has 1 heterocycles. The monoisotopic (exact) mass is 543 g/mol. The van der Waals surface area contributed by atoms with Crippen LogP contribution in [0.25, 0.3) is 0 Å². The zero-order valence-electron chi connectivity index (χ0n) is 23.4. The number of nitriles is 1. The molecule has 0 radical (unpaired) electrons. The molecule has 0 aliphatic heterocycles. The van der Waals surface area contributed by atoms with E-state index >= 15 is 0 Å². The van der Waals surface area contributed by atoms with Gasteiger partial charge >= 0.3 is 0 Å². The van der Waals surface area contributed by atoms with Crippen molar-refractivity contribution in [2.45, 2.75) is 102 Å². The number of aromatic nitrogens is 1. The highest BCUT2D eigenvalue weighted by Gasteiger charge is 2.61. The van der Waals surface area contributed by atoms with Crippen molar-refractivity contribution in [1.29, 1.82) is 5.26 Å². The SMILES string of the molecule is CCOC[C@@]1(O)CC[C@@]2(C)[C@H](CC[C@@H]3[C@@H]2CC[C@]2(C)C([C@@H](C)NS(=O)(=O)c4ccc(C#N)cn4)CC[C@@H]32)C1. The Morgan fingerprint density at radius 3 is 2.58 bits per heavy atom. The second-order valence-corrected chi connectivity index (χ2v) is 15.0. The summed E-state index contributed by atoms with van der Waals surface area (Å²) in [7, 11) is -3.76. The lowest BCUT2D eigenvalue weighted by Crippen LogP contribution is -2.57. The molecule has 4 fully saturated rings. The van der Waals surface area contributed by atoms with Crippen LogP contribution < -0.4 is 4.72 Å². The number of rotatable bonds is 7. The third-order valence-corrected chi connectivity index (χ3v) is 13.0. The molecule has 4 aliphatic carbocycles. The van der Waals surface area contributed by atoms with Crippen molar-refractivity contribution in [2.24, 2.45) is 40.4 Å². The Bertz CT molecular complexity index is 1170. The second-order valence-electron chi connectivity index (χ2n) is 13.4. The maximum atomic E-state index is 13.1. The van der Waals surface area contributed by atoms with Crippen LogP contribution in [0.3, 0.4) is 0 Å². The molecule has 0 aromatic carbocycles. The van der Waals surface area contributed by atoms with Gasteiger partial charge < -0.3 is 9.84 Å². The summed E-state index contributed by atoms with van der Waals surface area (Å²) >= 11 is 0. The van der Waals surface area contributed by atoms with Crippen LogP contribution in [0.1, 0.15) is 91.0 Å². The number of nitrogens with one attached hydrogen (secondary N) is 1. The maximum absolute atomic E-state index is 13.1. The predicted octanol–water partition coefficient (Wildman–Crippen LogP) is 5.05. The molecule has 8 heteroatoms. The van der Waals surface area contributed by atoms with E-state index in [2.05, 4.69) is 23.6 Å². The number of hydrogen-bond acceptors (Lipinski definition) is 6. The first-order valence-corrected chi connectivity index (χ1v) is 16.1. The van der Waals surface area contributed by atoms with Crippen molar-refractivity contribution in [2.75, 3.05) is 13.2 Å². The number of pyridine rings is 1. The molecular formula is C30H45N3O4S. The number of sulfonamides is 1. The first-order valence-electron chi connectivity index (χ1n) is 14.6. The summed E-state index contributed by atoms with van der Waals surface area (Å²) in [5, 5.41) is 20.2. The molecule has 1 aromatic heterocycles. The van der Waals surface area contributed by atoms with Gasteiger partial charge in [-0.3, -0.25) is 0 Å². The van der Waals surface area contributed by atoms with Gasteiger partial charge in [0.2, 0.25) is 0 Å². The van der Waals surface area contributed by atoms with E-state index in [9.17, 15) is 13.5 Å². The number of nitrogens with zero attached hydrogens (tertiary/aromatic N) is 2. The van der Waals surface area contributed by atoms with Crippen LogP contribution in [0.15, 0.2) is 23.4 Å². The maximum Gasteiger partial charge on any atom is 0.258 e. The Kier molecular flexibility index (Phi) is 7.48. The summed E-state index contributed by atoms with van der Waals surface area (Å²) in [4.78, 5) is 4.03. The molecule has 4 saturated carbocycles. The molecule has 0 bridgehead atoms. The Hall–Kier alpha value is -1.53. The van der Waals surface area contributed by atoms with Gasteiger partial charge in [0.1, 0.15) is 6.07 Å². The molecule has 0 spiro atoms. The van der Waals surface area contributed by atoms with Gasteiger partial charge in [-0.05, 0) is 124 Å². The van der Waals surface area contributed by atoms with E-state index in [1.807, 2.05) is 19.9 Å². The number of aliphatic hydroxyl groups is 1. The van der Waals surface area contributed by atoms with Crippen molar-refractivity contribution < 1.29 is 18.3 Å². The summed E-state index contributed by atoms with van der Waals surface area (Å²) in [6, 6.07) is 4.72. The first kappa shape index (κ1) is 28.0. The number of hydrogen-bond donors (Lipinski definition) is 2. The minimum absolute atomic E-state index is 0.0281. The zero-order valence-corrected chi connectivity index (χ0v) is 24.3. The summed E-state index contributed by atoms with van der Waals surface area (Å²) in [6.45, 7) is 10.0. The molecule has 38 heavy (non-hydrogen) atoms. The molecular weight excluding hydrogens is 498 g/mol. The smallest absolute Gasteiger partial charge is 0.258 e. The molecule has 1 aromatic rings. The van der Waals surface area contributed by atoms with E-state index < -0.39 is 15.6 Å². The fraction of sp³-hybridized carbons (Fsp3) is 0.800. The summed E-state index contributed by atoms with van der Waals surface area (Å²) in [6.07, 6.45) is 11.0. The van der Waals surface area contributed by atoms with Crippen molar-refractivity contribution in [1.82, 2.24) is 9.71 Å². The van der Waals surface area contributed by atoms with Crippen molar-refractivity contribution in [3.8, 4) is 6.07 Å². The average Bonchev–Trinajstić information content (AvgIpc) is 3.25. The molecule has 4 aliphatic rings. The van der Waals surface area contributed by atoms with Crippen LogP contribution in [-0.4, -0.2) is 43.4 Å². The van der Waals surface area contributed by atoms with Gasteiger partial charge in [-0.25, -0.2) is 18.1 Å². The van der Waals surface area contributed by atoms with E-state index in [4.69, 9.17) is 10.00 Å². The minimum Gasteiger partial charge on any atom is -0.387 e. The van der Waals surface area contributed by atoms with Crippen LogP contribution in [-0.2, 0) is 14.8 Å². The van der Waals surface area contributed by atoms with E-state index in [0.29, 0.717) is 42.4 Å². The van der Waals surface area contributed by atoms with E-state index in [1.54, 1.807) is 0 Å². The molecule has 210 valence electrons. The van der Waals surface area contributed by atoms with E-state index in [0.717, 1.165) is 32.1 Å². The van der Waals surface area contributed by atoms with E-state index in [1.165, 1.54) is 44.0 Å². The molecule has 0 amide bonds. The molecule has 2 N–H and O–H groups in total. The Labute approximate surface area is 228 Å². The minimum atomic E-state index is -3.76. The van der Waals surface area contributed by atoms with Gasteiger partial charge in [0.25, 0.3) is 10.0 Å². The fourth-order valence-electron chi connectivity index (χ4n) is 9.60. The van der Waals surface area contributed by atoms with Crippen LogP contribution >= 0.6 is 0 Å². The largest absolute Gasteiger partial charge is 0.387 e. The highest BCUT2D eigenvalue weighted by Crippen LogP contribution is 2.68. The molecule has 5 rings (SSSR count). The molecule has 9 atom stereocenters. The lowest BCUT2D eigenvalue weighted by molar-refractivity contribution is -0.165. The molecule has 7 nitrogen and oxygen atoms in total. The van der Waals surface area contributed by atoms with Gasteiger partial charge in [0.15, 0.2) is 5.03 Å². The van der Waals surface area contributed by atoms with Crippen molar-refractivity contribution in [3.63, 3.8) is 0 Å². The highest BCUT2D eigenvalue weighted by atomic mass is 32.2. The standard InChI is InChI=1S/C30H45N3O4S/c1-5-37-19-30(34)15-14-28(3)22(16-30)7-8-23-25-10-9-24(29(25,4)13-12-26(23)28)20(2)33-38(35,36)27-11-6-21(17-31)18-32-27/h6,11,18,20,22-26,33-34H,5,7-10,12-16,19H2,1-4H3/t20-,22-,23+,24?,25+,26+,28+,29-,30-/m1/s1. The number of fused-ring (bicyclic) bond motifs is 5. The van der Waals surface area contributed by atoms with Gasteiger partial charge in [-0.1, -0.05) is 13.8 Å². The third-order valence-electron chi connectivity index (χ3n) is 11.6. The lowest BCUT2D eigenvalue weighted by atomic mass is 9.44. The van der Waals surface area contributed by atoms with Crippen molar-refractivity contribution >= 4 is 10.0 Å². The quantitative estimate of drug-likeness (QED) is 0.498. The van der Waals surface area contributed by atoms with Crippen LogP contribution in [0, 0.1) is 51.8 Å². The Balaban J connectivity index is 1.29. The van der Waals surface area contributed by atoms with Gasteiger partial charge in [-0.15, -0.1) is 0 Å². The van der Waals surface area contributed by atoms with Gasteiger partial charge in [0.05, 0.1) is 17.8 Å². The number of ether oxygens (including phenoxy) is 1. The first-order chi connectivity index (χ1) is 18.0. The Morgan fingerprint density at radius 1 is 1.13 bits per heavy atom. The van der Waals surface area contributed by atoms with Gasteiger partial charge in [-0.2, -0.15) is 5.26 Å². The highest BCUT2D eigenvalue weighted by molar-refractivity contribution is 7.89. The normalized spacial score (nSPS) is 41.4. The zero-order chi connectivity index (χ0) is 27.3. The average molecular weight is 544 g/mol. The van der Waals surface area contributed by atoms with Crippen LogP contribution in [0.5, 0.6) is 0 Å². The lowest BCUT2D eigenvalue weighted by Gasteiger charge is -2.62. The third kappa shape index (κ3) is 4.72. The summed E-state index contributed by atoms with van der Waals surface area (Å²) in [5.41, 5.74) is 0.0648. The second kappa shape index (κ2) is 10.1. The summed E-state index contributed by atoms with van der Waals surface area (Å²) in [5.74, 6) is 2.82. The topological polar surface area (TPSA) is 112 Å². The van der Waals surface area contributed by atoms with E-state index in [-0.39, 0.29) is 27.8 Å². The van der Waals surface area contributed by atoms with Gasteiger partial charge in [0, 0.05) is 18.8 Å². The molecule has 1 unspecified atom stereocenters. The summed E-state index contributed by atoms with van der Waals surface area (Å²) < 4.78 is 34.9. The van der Waals surface area contributed by atoms with Crippen LogP contribution in [0.2, 0.25) is 0 Å².